The fourth-order valence-corrected chi connectivity index (χ4v) is 4.41. The second kappa shape index (κ2) is 11.6. The Labute approximate surface area is 215 Å². The topological polar surface area (TPSA) is 139 Å². The number of hydrogen-bond acceptors (Lipinski definition) is 8. The molecule has 1 amide bonds. The van der Waals surface area contributed by atoms with Crippen molar-refractivity contribution in [2.75, 3.05) is 12.0 Å². The van der Waals surface area contributed by atoms with Gasteiger partial charge in [-0.1, -0.05) is 48.8 Å². The van der Waals surface area contributed by atoms with Crippen LogP contribution in [-0.2, 0) is 11.2 Å². The molecule has 2 aromatic heterocycles. The highest BCUT2D eigenvalue weighted by atomic mass is 16.5. The first kappa shape index (κ1) is 25.7. The van der Waals surface area contributed by atoms with Crippen molar-refractivity contribution in [3.63, 3.8) is 0 Å². The standard InChI is InChI=1S/C27H31N7O3/c1-4-5-10-24-23(26(35)34(17(2)32-24)27-30-15-20(37-3)16-31-27)13-19-12-11-18(14-29-19)21-8-6-7-9-22(21)25(28)33-36/h6-9,11-12,14-17,23,36H,4-5,10,13H2,1-3H3,(H2,28,33). The zero-order chi connectivity index (χ0) is 26.4. The molecule has 0 bridgehead atoms. The smallest absolute Gasteiger partial charge is 0.240 e. The summed E-state index contributed by atoms with van der Waals surface area (Å²) in [6, 6.07) is 11.2. The quantitative estimate of drug-likeness (QED) is 0.197. The number of amidine groups is 1. The Balaban J connectivity index is 1.62. The largest absolute Gasteiger partial charge is 0.494 e. The van der Waals surface area contributed by atoms with Crippen molar-refractivity contribution in [2.45, 2.75) is 45.7 Å². The van der Waals surface area contributed by atoms with Gasteiger partial charge < -0.3 is 15.7 Å². The van der Waals surface area contributed by atoms with Crippen molar-refractivity contribution in [3.05, 3.63) is 66.2 Å². The number of carbonyl (C=O) groups is 1. The number of amides is 1. The van der Waals surface area contributed by atoms with Crippen LogP contribution in [0.5, 0.6) is 5.75 Å². The summed E-state index contributed by atoms with van der Waals surface area (Å²) in [5, 5.41) is 12.3. The maximum Gasteiger partial charge on any atom is 0.240 e. The summed E-state index contributed by atoms with van der Waals surface area (Å²) >= 11 is 0. The van der Waals surface area contributed by atoms with E-state index in [-0.39, 0.29) is 11.7 Å². The molecule has 0 saturated carbocycles. The van der Waals surface area contributed by atoms with Gasteiger partial charge in [-0.3, -0.25) is 19.7 Å². The van der Waals surface area contributed by atoms with E-state index in [9.17, 15) is 4.79 Å². The number of aliphatic imine (C=N–C) groups is 1. The number of rotatable bonds is 9. The normalized spacial score (nSPS) is 18.0. The highest BCUT2D eigenvalue weighted by Gasteiger charge is 2.38. The zero-order valence-electron chi connectivity index (χ0n) is 21.2. The Bertz CT molecular complexity index is 1290. The molecule has 2 atom stereocenters. The average Bonchev–Trinajstić information content (AvgIpc) is 2.94. The van der Waals surface area contributed by atoms with Gasteiger partial charge in [-0.2, -0.15) is 0 Å². The van der Waals surface area contributed by atoms with Crippen LogP contribution >= 0.6 is 0 Å². The number of pyridine rings is 1. The van der Waals surface area contributed by atoms with Crippen LogP contribution in [0.3, 0.4) is 0 Å². The third-order valence-corrected chi connectivity index (χ3v) is 6.38. The molecule has 0 radical (unpaired) electrons. The summed E-state index contributed by atoms with van der Waals surface area (Å²) in [4.78, 5) is 33.5. The van der Waals surface area contributed by atoms with Crippen LogP contribution in [0.15, 0.2) is 65.1 Å². The summed E-state index contributed by atoms with van der Waals surface area (Å²) in [6.07, 6.45) is 7.52. The molecule has 3 aromatic rings. The van der Waals surface area contributed by atoms with Crippen LogP contribution in [0.25, 0.3) is 11.1 Å². The first-order valence-corrected chi connectivity index (χ1v) is 12.2. The van der Waals surface area contributed by atoms with Gasteiger partial charge in [0.15, 0.2) is 11.6 Å². The van der Waals surface area contributed by atoms with E-state index in [4.69, 9.17) is 20.7 Å². The van der Waals surface area contributed by atoms with Gasteiger partial charge in [0.2, 0.25) is 11.9 Å². The maximum absolute atomic E-state index is 13.8. The van der Waals surface area contributed by atoms with Crippen molar-refractivity contribution in [1.29, 1.82) is 0 Å². The Morgan fingerprint density at radius 1 is 1.14 bits per heavy atom. The SMILES string of the molecule is CCCCC1=NC(C)N(c2ncc(OC)cn2)C(=O)C1Cc1ccc(-c2ccccc2C(N)=NO)cn1. The molecule has 0 spiro atoms. The lowest BCUT2D eigenvalue weighted by atomic mass is 9.90. The molecule has 2 unspecified atom stereocenters. The van der Waals surface area contributed by atoms with Crippen LogP contribution in [0.2, 0.25) is 0 Å². The fraction of sp³-hybridized carbons (Fsp3) is 0.333. The van der Waals surface area contributed by atoms with E-state index in [1.165, 1.54) is 0 Å². The molecule has 0 fully saturated rings. The van der Waals surface area contributed by atoms with Crippen LogP contribution in [0.4, 0.5) is 5.95 Å². The highest BCUT2D eigenvalue weighted by molar-refractivity contribution is 6.12. The van der Waals surface area contributed by atoms with Crippen molar-refractivity contribution in [2.24, 2.45) is 21.8 Å². The number of aromatic nitrogens is 3. The zero-order valence-corrected chi connectivity index (χ0v) is 21.2. The van der Waals surface area contributed by atoms with Crippen LogP contribution in [0.1, 0.15) is 44.4 Å². The Hall–Kier alpha value is -4.34. The van der Waals surface area contributed by atoms with Crippen molar-refractivity contribution in [1.82, 2.24) is 15.0 Å². The van der Waals surface area contributed by atoms with Gasteiger partial charge in [0, 0.05) is 35.2 Å². The van der Waals surface area contributed by atoms with Crippen molar-refractivity contribution >= 4 is 23.4 Å². The third kappa shape index (κ3) is 5.58. The number of benzene rings is 1. The van der Waals surface area contributed by atoms with E-state index in [0.29, 0.717) is 23.7 Å². The molecule has 4 rings (SSSR count). The third-order valence-electron chi connectivity index (χ3n) is 6.38. The van der Waals surface area contributed by atoms with Crippen molar-refractivity contribution in [3.8, 4) is 16.9 Å². The average molecular weight is 502 g/mol. The molecule has 192 valence electrons. The van der Waals surface area contributed by atoms with Gasteiger partial charge in [-0.05, 0) is 31.4 Å². The second-order valence-electron chi connectivity index (χ2n) is 8.81. The van der Waals surface area contributed by atoms with E-state index in [0.717, 1.165) is 41.8 Å². The Morgan fingerprint density at radius 2 is 1.89 bits per heavy atom. The molecule has 37 heavy (non-hydrogen) atoms. The molecule has 1 aliphatic heterocycles. The van der Waals surface area contributed by atoms with Gasteiger partial charge in [0.1, 0.15) is 6.17 Å². The number of nitrogens with two attached hydrogens (primary N) is 1. The van der Waals surface area contributed by atoms with E-state index in [1.807, 2.05) is 37.3 Å². The molecular weight excluding hydrogens is 470 g/mol. The first-order chi connectivity index (χ1) is 18.0. The Morgan fingerprint density at radius 3 is 2.54 bits per heavy atom. The molecule has 10 heteroatoms. The van der Waals surface area contributed by atoms with E-state index >= 15 is 0 Å². The number of hydrogen-bond donors (Lipinski definition) is 2. The number of nitrogens with zero attached hydrogens (tertiary/aromatic N) is 6. The van der Waals surface area contributed by atoms with E-state index in [1.54, 1.807) is 36.7 Å². The number of methoxy groups -OCH3 is 1. The fourth-order valence-electron chi connectivity index (χ4n) is 4.41. The number of oxime groups is 1. The van der Waals surface area contributed by atoms with E-state index in [2.05, 4.69) is 27.0 Å². The monoisotopic (exact) mass is 501 g/mol. The summed E-state index contributed by atoms with van der Waals surface area (Å²) in [7, 11) is 1.54. The minimum absolute atomic E-state index is 0.0271. The first-order valence-electron chi connectivity index (χ1n) is 12.2. The molecule has 1 aromatic carbocycles. The molecule has 0 aliphatic carbocycles. The molecule has 1 aliphatic rings. The Kier molecular flexibility index (Phi) is 8.07. The minimum Gasteiger partial charge on any atom is -0.494 e. The predicted molar refractivity (Wildman–Crippen MR) is 142 cm³/mol. The van der Waals surface area contributed by atoms with Crippen LogP contribution in [0, 0.1) is 5.92 Å². The summed E-state index contributed by atoms with van der Waals surface area (Å²) in [5.74, 6) is 0.282. The van der Waals surface area contributed by atoms with Gasteiger partial charge >= 0.3 is 0 Å². The van der Waals surface area contributed by atoms with Gasteiger partial charge in [-0.25, -0.2) is 9.97 Å². The van der Waals surface area contributed by atoms with Gasteiger partial charge in [0.05, 0.1) is 25.4 Å². The second-order valence-corrected chi connectivity index (χ2v) is 8.81. The van der Waals surface area contributed by atoms with Gasteiger partial charge in [0.25, 0.3) is 0 Å². The maximum atomic E-state index is 13.8. The highest BCUT2D eigenvalue weighted by Crippen LogP contribution is 2.28. The number of anilines is 1. The summed E-state index contributed by atoms with van der Waals surface area (Å²) in [5.41, 5.74) is 9.73. The van der Waals surface area contributed by atoms with Crippen LogP contribution < -0.4 is 15.4 Å². The lowest BCUT2D eigenvalue weighted by Gasteiger charge is -2.34. The number of ether oxygens (including phenoxy) is 1. The number of carbonyl (C=O) groups excluding carboxylic acids is 1. The van der Waals surface area contributed by atoms with Crippen molar-refractivity contribution < 1.29 is 14.7 Å². The van der Waals surface area contributed by atoms with Crippen LogP contribution in [-0.4, -0.2) is 50.9 Å². The molecule has 10 nitrogen and oxygen atoms in total. The minimum atomic E-state index is -0.462. The lowest BCUT2D eigenvalue weighted by molar-refractivity contribution is -0.121. The van der Waals surface area contributed by atoms with E-state index < -0.39 is 12.1 Å². The number of unbranched alkanes of at least 4 members (excludes halogenated alkanes) is 1. The lowest BCUT2D eigenvalue weighted by Crippen LogP contribution is -2.50. The summed E-state index contributed by atoms with van der Waals surface area (Å²) in [6.45, 7) is 3.99. The van der Waals surface area contributed by atoms with Gasteiger partial charge in [-0.15, -0.1) is 0 Å². The molecule has 3 N–H and O–H groups in total. The molecular formula is C27H31N7O3. The predicted octanol–water partition coefficient (Wildman–Crippen LogP) is 3.82. The molecule has 0 saturated heterocycles. The summed E-state index contributed by atoms with van der Waals surface area (Å²) < 4.78 is 5.15. The molecule has 3 heterocycles.